The highest BCUT2D eigenvalue weighted by Crippen LogP contribution is 2.10. The Bertz CT molecular complexity index is 53.2. The first kappa shape index (κ1) is 5.10. The normalized spacial score (nSPS) is 42.0. The third-order valence-corrected chi connectivity index (χ3v) is 1.57. The van der Waals surface area contributed by atoms with Gasteiger partial charge in [-0.2, -0.15) is 0 Å². The van der Waals surface area contributed by atoms with Crippen molar-refractivity contribution in [1.29, 1.82) is 0 Å². The smallest absolute Gasteiger partial charge is 0.00418 e. The zero-order valence-electron chi connectivity index (χ0n) is 5.07. The Morgan fingerprint density at radius 1 is 1.43 bits per heavy atom. The second kappa shape index (κ2) is 1.83. The van der Waals surface area contributed by atoms with Gasteiger partial charge in [0.05, 0.1) is 0 Å². The van der Waals surface area contributed by atoms with Gasteiger partial charge >= 0.3 is 0 Å². The van der Waals surface area contributed by atoms with Crippen molar-refractivity contribution >= 4 is 0 Å². The van der Waals surface area contributed by atoms with Crippen LogP contribution in [0.15, 0.2) is 0 Å². The van der Waals surface area contributed by atoms with Gasteiger partial charge in [-0.1, -0.05) is 6.92 Å². The average molecular weight is 99.2 g/mol. The van der Waals surface area contributed by atoms with E-state index in [9.17, 15) is 0 Å². The molecule has 0 saturated carbocycles. The molecule has 1 heteroatoms. The Labute approximate surface area is 45.1 Å². The van der Waals surface area contributed by atoms with Crippen LogP contribution in [0.4, 0.5) is 0 Å². The molecule has 0 unspecified atom stereocenters. The molecule has 1 heterocycles. The summed E-state index contributed by atoms with van der Waals surface area (Å²) in [6.45, 7) is 5.75. The average Bonchev–Trinajstić information content (AvgIpc) is 1.87. The molecule has 1 nitrogen and oxygen atoms in total. The summed E-state index contributed by atoms with van der Waals surface area (Å²) in [5, 5.41) is 3.37. The molecule has 0 aromatic rings. The minimum absolute atomic E-state index is 0.773. The van der Waals surface area contributed by atoms with Gasteiger partial charge < -0.3 is 5.32 Å². The van der Waals surface area contributed by atoms with Crippen molar-refractivity contribution in [2.75, 3.05) is 6.54 Å². The Morgan fingerprint density at radius 3 is 2.29 bits per heavy atom. The maximum atomic E-state index is 3.37. The molecule has 1 aliphatic heterocycles. The number of hydrogen-bond donors (Lipinski definition) is 1. The fourth-order valence-corrected chi connectivity index (χ4v) is 1.17. The highest BCUT2D eigenvalue weighted by Gasteiger charge is 2.14. The molecular formula is C6H13N. The molecule has 42 valence electrons. The molecule has 1 saturated heterocycles. The summed E-state index contributed by atoms with van der Waals surface area (Å²) in [4.78, 5) is 0. The van der Waals surface area contributed by atoms with Crippen molar-refractivity contribution in [2.24, 2.45) is 5.92 Å². The van der Waals surface area contributed by atoms with E-state index in [-0.39, 0.29) is 0 Å². The minimum Gasteiger partial charge on any atom is -0.314 e. The number of hydrogen-bond acceptors (Lipinski definition) is 1. The van der Waals surface area contributed by atoms with E-state index in [0.29, 0.717) is 0 Å². The zero-order chi connectivity index (χ0) is 5.28. The maximum Gasteiger partial charge on any atom is 0.00418 e. The van der Waals surface area contributed by atoms with Gasteiger partial charge in [-0.3, -0.25) is 0 Å². The van der Waals surface area contributed by atoms with E-state index in [1.54, 1.807) is 0 Å². The molecule has 0 bridgehead atoms. The molecule has 0 aliphatic carbocycles. The van der Waals surface area contributed by atoms with Gasteiger partial charge in [0.15, 0.2) is 0 Å². The summed E-state index contributed by atoms with van der Waals surface area (Å²) in [6, 6.07) is 0.773. The minimum atomic E-state index is 0.773. The lowest BCUT2D eigenvalue weighted by Crippen LogP contribution is -2.16. The van der Waals surface area contributed by atoms with Crippen LogP contribution < -0.4 is 5.32 Å². The van der Waals surface area contributed by atoms with E-state index < -0.39 is 0 Å². The molecule has 1 rings (SSSR count). The summed E-state index contributed by atoms with van der Waals surface area (Å²) in [6.07, 6.45) is 1.36. The van der Waals surface area contributed by atoms with Crippen LogP contribution in [0.25, 0.3) is 0 Å². The van der Waals surface area contributed by atoms with Gasteiger partial charge in [0.25, 0.3) is 0 Å². The second-order valence-electron chi connectivity index (χ2n) is 2.65. The molecule has 0 radical (unpaired) electrons. The van der Waals surface area contributed by atoms with Crippen LogP contribution >= 0.6 is 0 Å². The molecule has 7 heavy (non-hydrogen) atoms. The predicted molar refractivity (Wildman–Crippen MR) is 31.2 cm³/mol. The van der Waals surface area contributed by atoms with Crippen LogP contribution in [0, 0.1) is 5.92 Å². The van der Waals surface area contributed by atoms with Crippen molar-refractivity contribution in [1.82, 2.24) is 5.32 Å². The van der Waals surface area contributed by atoms with Crippen molar-refractivity contribution in [3.05, 3.63) is 0 Å². The summed E-state index contributed by atoms with van der Waals surface area (Å²) >= 11 is 0. The third-order valence-electron chi connectivity index (χ3n) is 1.57. The van der Waals surface area contributed by atoms with Gasteiger partial charge in [-0.15, -0.1) is 0 Å². The molecule has 0 amide bonds. The predicted octanol–water partition coefficient (Wildman–Crippen LogP) is 1.00. The first-order valence-corrected chi connectivity index (χ1v) is 3.02. The lowest BCUT2D eigenvalue weighted by Gasteiger charge is -1.96. The van der Waals surface area contributed by atoms with E-state index in [2.05, 4.69) is 19.2 Å². The van der Waals surface area contributed by atoms with E-state index in [4.69, 9.17) is 0 Å². The van der Waals surface area contributed by atoms with E-state index >= 15 is 0 Å². The summed E-state index contributed by atoms with van der Waals surface area (Å²) in [5.41, 5.74) is 0. The Hall–Kier alpha value is -0.0400. The molecule has 0 aromatic heterocycles. The summed E-state index contributed by atoms with van der Waals surface area (Å²) < 4.78 is 0. The Kier molecular flexibility index (Phi) is 1.33. The summed E-state index contributed by atoms with van der Waals surface area (Å²) in [5.74, 6) is 0.912. The fourth-order valence-electron chi connectivity index (χ4n) is 1.17. The molecular weight excluding hydrogens is 86.1 g/mol. The van der Waals surface area contributed by atoms with Gasteiger partial charge in [-0.25, -0.2) is 0 Å². The first-order valence-electron chi connectivity index (χ1n) is 3.02. The lowest BCUT2D eigenvalue weighted by molar-refractivity contribution is 0.622. The number of nitrogens with one attached hydrogen (secondary N) is 1. The SMILES string of the molecule is C[C@H]1CN[C@H](C)C1. The number of rotatable bonds is 0. The quantitative estimate of drug-likeness (QED) is 0.478. The van der Waals surface area contributed by atoms with Crippen LogP contribution in [0.5, 0.6) is 0 Å². The Balaban J connectivity index is 2.26. The lowest BCUT2D eigenvalue weighted by atomic mass is 10.1. The van der Waals surface area contributed by atoms with E-state index in [1.165, 1.54) is 13.0 Å². The molecule has 1 fully saturated rings. The standard InChI is InChI=1S/C6H13N/c1-5-3-6(2)7-4-5/h5-7H,3-4H2,1-2H3/t5-,6-/m1/s1. The van der Waals surface area contributed by atoms with Crippen LogP contribution in [0.3, 0.4) is 0 Å². The van der Waals surface area contributed by atoms with Crippen molar-refractivity contribution in [3.8, 4) is 0 Å². The molecule has 2 atom stereocenters. The van der Waals surface area contributed by atoms with Crippen LogP contribution in [-0.4, -0.2) is 12.6 Å². The van der Waals surface area contributed by atoms with Gasteiger partial charge in [0.2, 0.25) is 0 Å². The molecule has 1 N–H and O–H groups in total. The van der Waals surface area contributed by atoms with Crippen molar-refractivity contribution in [2.45, 2.75) is 26.3 Å². The van der Waals surface area contributed by atoms with Crippen LogP contribution in [0.2, 0.25) is 0 Å². The maximum absolute atomic E-state index is 3.37. The van der Waals surface area contributed by atoms with Gasteiger partial charge in [0.1, 0.15) is 0 Å². The van der Waals surface area contributed by atoms with Crippen molar-refractivity contribution < 1.29 is 0 Å². The molecule has 0 spiro atoms. The fraction of sp³-hybridized carbons (Fsp3) is 1.00. The third kappa shape index (κ3) is 1.16. The van der Waals surface area contributed by atoms with Crippen LogP contribution in [0.1, 0.15) is 20.3 Å². The monoisotopic (exact) mass is 99.1 g/mol. The summed E-state index contributed by atoms with van der Waals surface area (Å²) in [7, 11) is 0. The molecule has 1 aliphatic rings. The van der Waals surface area contributed by atoms with Crippen LogP contribution in [-0.2, 0) is 0 Å². The Morgan fingerprint density at radius 2 is 2.14 bits per heavy atom. The zero-order valence-corrected chi connectivity index (χ0v) is 5.07. The van der Waals surface area contributed by atoms with E-state index in [1.807, 2.05) is 0 Å². The van der Waals surface area contributed by atoms with Gasteiger partial charge in [-0.05, 0) is 25.8 Å². The van der Waals surface area contributed by atoms with Crippen molar-refractivity contribution in [3.63, 3.8) is 0 Å². The largest absolute Gasteiger partial charge is 0.314 e. The topological polar surface area (TPSA) is 12.0 Å². The first-order chi connectivity index (χ1) is 3.29. The highest BCUT2D eigenvalue weighted by molar-refractivity contribution is 4.74. The van der Waals surface area contributed by atoms with E-state index in [0.717, 1.165) is 12.0 Å². The van der Waals surface area contributed by atoms with Gasteiger partial charge in [0, 0.05) is 6.04 Å². The molecule has 0 aromatic carbocycles. The second-order valence-corrected chi connectivity index (χ2v) is 2.65. The highest BCUT2D eigenvalue weighted by atomic mass is 14.9.